The Morgan fingerprint density at radius 2 is 2.10 bits per heavy atom. The van der Waals surface area contributed by atoms with Gasteiger partial charge in [0.15, 0.2) is 0 Å². The normalized spacial score (nSPS) is 11.0. The molecule has 1 rings (SSSR count). The molecule has 0 saturated carbocycles. The van der Waals surface area contributed by atoms with Crippen molar-refractivity contribution in [3.05, 3.63) is 33.3 Å². The third-order valence-corrected chi connectivity index (χ3v) is 4.37. The van der Waals surface area contributed by atoms with Crippen LogP contribution in [0.2, 0.25) is 5.02 Å². The third-order valence-electron chi connectivity index (χ3n) is 2.42. The Morgan fingerprint density at radius 1 is 1.40 bits per heavy atom. The zero-order chi connectivity index (χ0) is 15.2. The number of nitrogens with one attached hydrogen (secondary N) is 1. The quantitative estimate of drug-likeness (QED) is 0.470. The van der Waals surface area contributed by atoms with Gasteiger partial charge in [-0.2, -0.15) is 5.26 Å². The molecule has 0 spiro atoms. The molecule has 1 aromatic rings. The number of rotatable bonds is 7. The standard InChI is InChI=1S/C11H12ClN3O4S/c12-10-5-4-9(15(16)17)8-11(10)20(18,19)14-7-3-1-2-6-13/h4-5,8,14H,1-3,7H2. The summed E-state index contributed by atoms with van der Waals surface area (Å²) in [5, 5.41) is 18.9. The highest BCUT2D eigenvalue weighted by atomic mass is 35.5. The van der Waals surface area contributed by atoms with Gasteiger partial charge in [0.1, 0.15) is 4.90 Å². The van der Waals surface area contributed by atoms with E-state index >= 15 is 0 Å². The van der Waals surface area contributed by atoms with Gasteiger partial charge in [-0.1, -0.05) is 11.6 Å². The Kier molecular flexibility index (Phi) is 5.88. The Bertz CT molecular complexity index is 640. The van der Waals surface area contributed by atoms with Gasteiger partial charge >= 0.3 is 0 Å². The van der Waals surface area contributed by atoms with E-state index in [9.17, 15) is 18.5 Å². The molecule has 0 fully saturated rings. The Morgan fingerprint density at radius 3 is 2.70 bits per heavy atom. The molecule has 108 valence electrons. The van der Waals surface area contributed by atoms with Crippen molar-refractivity contribution in [3.63, 3.8) is 0 Å². The van der Waals surface area contributed by atoms with Crippen molar-refractivity contribution < 1.29 is 13.3 Å². The molecule has 0 aliphatic heterocycles. The number of nitro benzene ring substituents is 1. The van der Waals surface area contributed by atoms with Crippen LogP contribution in [0.25, 0.3) is 0 Å². The number of non-ortho nitro benzene ring substituents is 1. The lowest BCUT2D eigenvalue weighted by Crippen LogP contribution is -2.25. The number of nitrogens with zero attached hydrogens (tertiary/aromatic N) is 2. The number of sulfonamides is 1. The smallest absolute Gasteiger partial charge is 0.258 e. The van der Waals surface area contributed by atoms with E-state index in [0.717, 1.165) is 12.1 Å². The van der Waals surface area contributed by atoms with Gasteiger partial charge in [-0.05, 0) is 18.9 Å². The van der Waals surface area contributed by atoms with Gasteiger partial charge in [-0.3, -0.25) is 10.1 Å². The van der Waals surface area contributed by atoms with Crippen LogP contribution in [0.4, 0.5) is 5.69 Å². The fourth-order valence-electron chi connectivity index (χ4n) is 1.42. The Balaban J connectivity index is 2.84. The van der Waals surface area contributed by atoms with Crippen LogP contribution in [-0.4, -0.2) is 19.9 Å². The zero-order valence-corrected chi connectivity index (χ0v) is 11.9. The maximum atomic E-state index is 12.0. The second-order valence-electron chi connectivity index (χ2n) is 3.88. The number of hydrogen-bond acceptors (Lipinski definition) is 5. The molecule has 0 amide bonds. The molecular formula is C11H12ClN3O4S. The minimum atomic E-state index is -3.90. The average Bonchev–Trinajstić information content (AvgIpc) is 2.38. The highest BCUT2D eigenvalue weighted by molar-refractivity contribution is 7.89. The number of hydrogen-bond donors (Lipinski definition) is 1. The topological polar surface area (TPSA) is 113 Å². The second-order valence-corrected chi connectivity index (χ2v) is 6.03. The van der Waals surface area contributed by atoms with E-state index in [0.29, 0.717) is 19.3 Å². The average molecular weight is 318 g/mol. The summed E-state index contributed by atoms with van der Waals surface area (Å²) < 4.78 is 26.3. The number of benzene rings is 1. The zero-order valence-electron chi connectivity index (χ0n) is 10.4. The molecule has 1 aromatic carbocycles. The van der Waals surface area contributed by atoms with Gasteiger partial charge in [-0.15, -0.1) is 0 Å². The first kappa shape index (κ1) is 16.4. The van der Waals surface area contributed by atoms with Crippen molar-refractivity contribution in [1.29, 1.82) is 5.26 Å². The lowest BCUT2D eigenvalue weighted by Gasteiger charge is -2.07. The van der Waals surface area contributed by atoms with Crippen molar-refractivity contribution in [1.82, 2.24) is 4.72 Å². The molecule has 0 bridgehead atoms. The Hall–Kier alpha value is -1.69. The summed E-state index contributed by atoms with van der Waals surface area (Å²) in [6.45, 7) is 0.142. The summed E-state index contributed by atoms with van der Waals surface area (Å²) in [7, 11) is -3.90. The van der Waals surface area contributed by atoms with E-state index in [-0.39, 0.29) is 22.2 Å². The first-order valence-electron chi connectivity index (χ1n) is 5.69. The fraction of sp³-hybridized carbons (Fsp3) is 0.364. The largest absolute Gasteiger partial charge is 0.270 e. The van der Waals surface area contributed by atoms with Crippen molar-refractivity contribution >= 4 is 27.3 Å². The molecule has 0 radical (unpaired) electrons. The molecule has 0 aromatic heterocycles. The van der Waals surface area contributed by atoms with Gasteiger partial charge in [0, 0.05) is 25.1 Å². The number of halogens is 1. The number of nitro groups is 1. The van der Waals surface area contributed by atoms with Crippen LogP contribution in [0, 0.1) is 21.4 Å². The van der Waals surface area contributed by atoms with Gasteiger partial charge < -0.3 is 0 Å². The van der Waals surface area contributed by atoms with Crippen LogP contribution in [0.5, 0.6) is 0 Å². The Labute approximate surface area is 121 Å². The third kappa shape index (κ3) is 4.45. The molecule has 0 unspecified atom stereocenters. The van der Waals surface area contributed by atoms with Crippen molar-refractivity contribution in [3.8, 4) is 6.07 Å². The van der Waals surface area contributed by atoms with Crippen molar-refractivity contribution in [2.24, 2.45) is 0 Å². The molecule has 0 saturated heterocycles. The minimum Gasteiger partial charge on any atom is -0.258 e. The van der Waals surface area contributed by atoms with Crippen molar-refractivity contribution in [2.75, 3.05) is 6.54 Å². The summed E-state index contributed by atoms with van der Waals surface area (Å²) >= 11 is 5.76. The van der Waals surface area contributed by atoms with Crippen LogP contribution in [-0.2, 0) is 10.0 Å². The maximum absolute atomic E-state index is 12.0. The van der Waals surface area contributed by atoms with E-state index in [4.69, 9.17) is 16.9 Å². The van der Waals surface area contributed by atoms with Gasteiger partial charge in [0.2, 0.25) is 10.0 Å². The predicted octanol–water partition coefficient (Wildman–Crippen LogP) is 2.22. The minimum absolute atomic E-state index is 0.0832. The summed E-state index contributed by atoms with van der Waals surface area (Å²) in [5.74, 6) is 0. The van der Waals surface area contributed by atoms with E-state index in [2.05, 4.69) is 4.72 Å². The summed E-state index contributed by atoms with van der Waals surface area (Å²) in [6, 6.07) is 5.17. The molecular weight excluding hydrogens is 306 g/mol. The number of unbranched alkanes of at least 4 members (excludes halogenated alkanes) is 2. The summed E-state index contributed by atoms with van der Waals surface area (Å²) in [5.41, 5.74) is -0.348. The maximum Gasteiger partial charge on any atom is 0.270 e. The van der Waals surface area contributed by atoms with Gasteiger partial charge in [0.25, 0.3) is 5.69 Å². The highest BCUT2D eigenvalue weighted by Crippen LogP contribution is 2.25. The molecule has 0 aliphatic rings. The first-order chi connectivity index (χ1) is 9.38. The van der Waals surface area contributed by atoms with E-state index in [1.807, 2.05) is 6.07 Å². The van der Waals surface area contributed by atoms with Crippen LogP contribution in [0.3, 0.4) is 0 Å². The molecule has 1 N–H and O–H groups in total. The molecule has 9 heteroatoms. The summed E-state index contributed by atoms with van der Waals surface area (Å²) in [6.07, 6.45) is 1.42. The lowest BCUT2D eigenvalue weighted by molar-refractivity contribution is -0.385. The van der Waals surface area contributed by atoms with E-state index < -0.39 is 14.9 Å². The molecule has 0 atom stereocenters. The van der Waals surface area contributed by atoms with E-state index in [1.54, 1.807) is 0 Å². The predicted molar refractivity (Wildman–Crippen MR) is 72.8 cm³/mol. The molecule has 0 heterocycles. The second kappa shape index (κ2) is 7.19. The SMILES string of the molecule is N#CCCCCNS(=O)(=O)c1cc([N+](=O)[O-])ccc1Cl. The lowest BCUT2D eigenvalue weighted by atomic mass is 10.2. The van der Waals surface area contributed by atoms with E-state index in [1.165, 1.54) is 6.07 Å². The molecule has 0 aliphatic carbocycles. The number of nitriles is 1. The fourth-order valence-corrected chi connectivity index (χ4v) is 3.02. The molecule has 7 nitrogen and oxygen atoms in total. The van der Waals surface area contributed by atoms with Gasteiger partial charge in [0.05, 0.1) is 16.0 Å². The van der Waals surface area contributed by atoms with Crippen molar-refractivity contribution in [2.45, 2.75) is 24.2 Å². The van der Waals surface area contributed by atoms with Crippen LogP contribution in [0.15, 0.2) is 23.1 Å². The first-order valence-corrected chi connectivity index (χ1v) is 7.55. The van der Waals surface area contributed by atoms with Crippen LogP contribution < -0.4 is 4.72 Å². The highest BCUT2D eigenvalue weighted by Gasteiger charge is 2.20. The van der Waals surface area contributed by atoms with Gasteiger partial charge in [-0.25, -0.2) is 13.1 Å². The monoisotopic (exact) mass is 317 g/mol. The summed E-state index contributed by atoms with van der Waals surface area (Å²) in [4.78, 5) is 9.62. The molecule has 20 heavy (non-hydrogen) atoms. The van der Waals surface area contributed by atoms with Crippen LogP contribution >= 0.6 is 11.6 Å². The van der Waals surface area contributed by atoms with Crippen LogP contribution in [0.1, 0.15) is 19.3 Å².